The third kappa shape index (κ3) is 6.63. The second kappa shape index (κ2) is 14.4. The number of allylic oxidation sites excluding steroid dienone is 1. The van der Waals surface area contributed by atoms with Crippen LogP contribution in [0.2, 0.25) is 0 Å². The van der Waals surface area contributed by atoms with Gasteiger partial charge in [0, 0.05) is 43.5 Å². The lowest BCUT2D eigenvalue weighted by Gasteiger charge is -2.63. The lowest BCUT2D eigenvalue weighted by atomic mass is 9.45. The second-order valence-electron chi connectivity index (χ2n) is 14.7. The molecule has 0 aromatic rings. The number of ether oxygens (including phenoxy) is 3. The Labute approximate surface area is 258 Å². The molecule has 3 saturated carbocycles. The monoisotopic (exact) mass is 603 g/mol. The minimum atomic E-state index is -0.793. The molecular formula is C34H57N3O6. The molecule has 6 N–H and O–H groups in total. The highest BCUT2D eigenvalue weighted by Gasteiger charge is 2.63. The fourth-order valence-corrected chi connectivity index (χ4v) is 10.1. The first-order valence-corrected chi connectivity index (χ1v) is 17.1. The number of fused-ring (bicyclic) bond motifs is 3. The van der Waals surface area contributed by atoms with Gasteiger partial charge < -0.3 is 36.1 Å². The molecule has 0 spiro atoms. The zero-order valence-electron chi connectivity index (χ0n) is 26.7. The summed E-state index contributed by atoms with van der Waals surface area (Å²) in [6.45, 7) is 8.33. The highest BCUT2D eigenvalue weighted by atomic mass is 16.5. The Balaban J connectivity index is 1.29. The van der Waals surface area contributed by atoms with Crippen LogP contribution in [0.1, 0.15) is 71.6 Å². The zero-order valence-corrected chi connectivity index (χ0v) is 26.7. The van der Waals surface area contributed by atoms with E-state index >= 15 is 0 Å². The molecule has 9 heteroatoms. The van der Waals surface area contributed by atoms with Gasteiger partial charge >= 0.3 is 5.97 Å². The van der Waals surface area contributed by atoms with Crippen molar-refractivity contribution in [2.45, 2.75) is 89.9 Å². The van der Waals surface area contributed by atoms with Crippen molar-refractivity contribution in [3.05, 3.63) is 11.6 Å². The molecule has 0 radical (unpaired) electrons. The number of carbonyl (C=O) groups is 2. The molecule has 1 heterocycles. The maximum absolute atomic E-state index is 13.9. The second-order valence-corrected chi connectivity index (χ2v) is 14.7. The summed E-state index contributed by atoms with van der Waals surface area (Å²) in [6.07, 6.45) is 10.3. The van der Waals surface area contributed by atoms with Gasteiger partial charge in [0.1, 0.15) is 0 Å². The Morgan fingerprint density at radius 1 is 1.21 bits per heavy atom. The quantitative estimate of drug-likeness (QED) is 0.220. The molecule has 4 fully saturated rings. The topological polar surface area (TPSA) is 146 Å². The van der Waals surface area contributed by atoms with Crippen molar-refractivity contribution in [1.29, 1.82) is 0 Å². The number of nitrogens with two attached hydrogens (primary N) is 2. The molecule has 5 aliphatic rings. The van der Waals surface area contributed by atoms with Crippen LogP contribution < -0.4 is 16.8 Å². The number of unbranched alkanes of at least 4 members (excludes halogenated alkanes) is 1. The van der Waals surface area contributed by atoms with Crippen LogP contribution in [-0.2, 0) is 23.8 Å². The summed E-state index contributed by atoms with van der Waals surface area (Å²) in [4.78, 5) is 26.5. The predicted octanol–water partition coefficient (Wildman–Crippen LogP) is 3.39. The van der Waals surface area contributed by atoms with Crippen molar-refractivity contribution < 1.29 is 28.9 Å². The highest BCUT2D eigenvalue weighted by molar-refractivity contribution is 5.97. The van der Waals surface area contributed by atoms with Gasteiger partial charge in [-0.1, -0.05) is 25.8 Å². The first-order valence-electron chi connectivity index (χ1n) is 17.1. The van der Waals surface area contributed by atoms with E-state index in [0.717, 1.165) is 70.9 Å². The van der Waals surface area contributed by atoms with E-state index in [2.05, 4.69) is 19.2 Å². The molecule has 2 bridgehead atoms. The Morgan fingerprint density at radius 2 is 2.02 bits per heavy atom. The van der Waals surface area contributed by atoms with E-state index in [-0.39, 0.29) is 53.1 Å². The Morgan fingerprint density at radius 3 is 2.74 bits per heavy atom. The van der Waals surface area contributed by atoms with Crippen molar-refractivity contribution in [2.75, 3.05) is 46.6 Å². The lowest BCUT2D eigenvalue weighted by Crippen LogP contribution is -2.64. The van der Waals surface area contributed by atoms with Crippen molar-refractivity contribution in [3.63, 3.8) is 0 Å². The molecule has 0 amide bonds. The molecular weight excluding hydrogens is 546 g/mol. The van der Waals surface area contributed by atoms with Crippen LogP contribution in [0.3, 0.4) is 0 Å². The van der Waals surface area contributed by atoms with Crippen molar-refractivity contribution >= 4 is 11.8 Å². The molecule has 0 aromatic heterocycles. The molecule has 244 valence electrons. The zero-order chi connectivity index (χ0) is 30.7. The number of rotatable bonds is 14. The van der Waals surface area contributed by atoms with Gasteiger partial charge in [0.05, 0.1) is 37.9 Å². The van der Waals surface area contributed by atoms with Crippen LogP contribution in [0.4, 0.5) is 0 Å². The third-order valence-corrected chi connectivity index (χ3v) is 11.8. The number of carboxylic acid groups (broad SMARTS) is 1. The first kappa shape index (κ1) is 33.0. The third-order valence-electron chi connectivity index (χ3n) is 11.8. The summed E-state index contributed by atoms with van der Waals surface area (Å²) in [5.74, 6) is -0.323. The summed E-state index contributed by atoms with van der Waals surface area (Å²) in [6, 6.07) is 0.123. The van der Waals surface area contributed by atoms with Gasteiger partial charge in [-0.2, -0.15) is 0 Å². The van der Waals surface area contributed by atoms with Crippen LogP contribution in [0.5, 0.6) is 0 Å². The van der Waals surface area contributed by atoms with Gasteiger partial charge in [0.25, 0.3) is 0 Å². The maximum Gasteiger partial charge on any atom is 0.307 e. The van der Waals surface area contributed by atoms with Crippen LogP contribution in [-0.4, -0.2) is 81.7 Å². The molecule has 43 heavy (non-hydrogen) atoms. The van der Waals surface area contributed by atoms with Gasteiger partial charge in [-0.05, 0) is 93.6 Å². The van der Waals surface area contributed by atoms with E-state index in [1.165, 1.54) is 5.57 Å². The summed E-state index contributed by atoms with van der Waals surface area (Å²) in [7, 11) is 1.78. The van der Waals surface area contributed by atoms with E-state index in [1.807, 2.05) is 6.08 Å². The number of aliphatic carboxylic acids is 1. The van der Waals surface area contributed by atoms with E-state index in [0.29, 0.717) is 38.2 Å². The summed E-state index contributed by atoms with van der Waals surface area (Å²) >= 11 is 0. The van der Waals surface area contributed by atoms with Crippen LogP contribution >= 0.6 is 0 Å². The summed E-state index contributed by atoms with van der Waals surface area (Å²) < 4.78 is 19.0. The minimum Gasteiger partial charge on any atom is -0.481 e. The Kier molecular flexibility index (Phi) is 11.0. The van der Waals surface area contributed by atoms with E-state index in [1.54, 1.807) is 7.11 Å². The number of ketones is 1. The molecule has 4 aliphatic carbocycles. The number of hydrogen-bond acceptors (Lipinski definition) is 8. The predicted molar refractivity (Wildman–Crippen MR) is 165 cm³/mol. The van der Waals surface area contributed by atoms with E-state index in [9.17, 15) is 14.7 Å². The Hall–Kier alpha value is -1.36. The van der Waals surface area contributed by atoms with Crippen molar-refractivity contribution in [1.82, 2.24) is 5.32 Å². The van der Waals surface area contributed by atoms with Crippen LogP contribution in [0.25, 0.3) is 0 Å². The van der Waals surface area contributed by atoms with Gasteiger partial charge in [0.15, 0.2) is 5.78 Å². The number of carboxylic acids is 1. The molecule has 1 aliphatic heterocycles. The fourth-order valence-electron chi connectivity index (χ4n) is 10.1. The smallest absolute Gasteiger partial charge is 0.307 e. The van der Waals surface area contributed by atoms with Gasteiger partial charge in [-0.25, -0.2) is 0 Å². The van der Waals surface area contributed by atoms with Gasteiger partial charge in [-0.3, -0.25) is 9.59 Å². The molecule has 7 unspecified atom stereocenters. The molecule has 0 aromatic carbocycles. The SMILES string of the molecule is CO[C@@H]1C[C@]23COCC(C2CCC2C3=CC(=O)C3C2CCC(CC(C)C)C3C(=O)O)[C@H]1OCCNC[C@@H](N)CCCCN. The van der Waals surface area contributed by atoms with Gasteiger partial charge in [0.2, 0.25) is 0 Å². The fraction of sp³-hybridized carbons (Fsp3) is 0.882. The largest absolute Gasteiger partial charge is 0.481 e. The lowest BCUT2D eigenvalue weighted by molar-refractivity contribution is -0.220. The molecule has 5 rings (SSSR count). The van der Waals surface area contributed by atoms with Crippen LogP contribution in [0, 0.1) is 52.8 Å². The average Bonchev–Trinajstić information content (AvgIpc) is 2.97. The van der Waals surface area contributed by atoms with Crippen molar-refractivity contribution in [2.24, 2.45) is 64.2 Å². The van der Waals surface area contributed by atoms with E-state index < -0.39 is 17.8 Å². The van der Waals surface area contributed by atoms with E-state index in [4.69, 9.17) is 25.7 Å². The number of methoxy groups -OCH3 is 1. The standard InChI is InChI=1S/C34H57N3O6/c1-20(2)14-21-7-8-24-23-9-10-26-25-18-42-19-34(26,27(23)15-28(38)31(24)30(21)33(39)40)16-29(41-3)32(25)43-13-12-37-17-22(36)6-4-5-11-35/h15,20-26,29-32,37H,4-14,16-19,35-36H2,1-3H3,(H,39,40)/t21?,22-,23?,24?,25?,26?,29+,30?,31?,32+,34-/m0/s1. The number of hydrogen-bond donors (Lipinski definition) is 4. The summed E-state index contributed by atoms with van der Waals surface area (Å²) in [5, 5.41) is 13.8. The van der Waals surface area contributed by atoms with Gasteiger partial charge in [-0.15, -0.1) is 0 Å². The van der Waals surface area contributed by atoms with Crippen molar-refractivity contribution in [3.8, 4) is 0 Å². The number of nitrogens with one attached hydrogen (secondary N) is 1. The Bertz CT molecular complexity index is 1000. The minimum absolute atomic E-state index is 0.0360. The summed E-state index contributed by atoms with van der Waals surface area (Å²) in [5.41, 5.74) is 12.8. The average molecular weight is 604 g/mol. The van der Waals surface area contributed by atoms with Crippen LogP contribution in [0.15, 0.2) is 11.6 Å². The highest BCUT2D eigenvalue weighted by Crippen LogP contribution is 2.64. The first-order chi connectivity index (χ1) is 20.7. The molecule has 11 atom stereocenters. The molecule has 9 nitrogen and oxygen atoms in total. The maximum atomic E-state index is 13.9. The normalized spacial score (nSPS) is 39.4. The molecule has 1 saturated heterocycles. The number of carbonyl (C=O) groups excluding carboxylic acids is 1.